The van der Waals surface area contributed by atoms with Crippen molar-refractivity contribution in [3.8, 4) is 5.75 Å². The Hall–Kier alpha value is -3.15. The van der Waals surface area contributed by atoms with Gasteiger partial charge < -0.3 is 14.5 Å². The van der Waals surface area contributed by atoms with Crippen molar-refractivity contribution in [3.63, 3.8) is 0 Å². The predicted octanol–water partition coefficient (Wildman–Crippen LogP) is 2.59. The maximum absolute atomic E-state index is 13.3. The van der Waals surface area contributed by atoms with E-state index in [1.807, 2.05) is 0 Å². The Balaban J connectivity index is 1.97. The lowest BCUT2D eigenvalue weighted by atomic mass is 9.65. The van der Waals surface area contributed by atoms with Gasteiger partial charge in [0.05, 0.1) is 5.57 Å². The number of rotatable bonds is 0. The fourth-order valence-corrected chi connectivity index (χ4v) is 4.35. The zero-order valence-corrected chi connectivity index (χ0v) is 14.0. The SMILES string of the molecule is Cc1cc2c(c(=O)o1)[C@@]1(C(=O)Nc3ccccc31)C1=C(CCCC1=O)O2. The quantitative estimate of drug-likeness (QED) is 0.790. The Morgan fingerprint density at radius 1 is 1.12 bits per heavy atom. The van der Waals surface area contributed by atoms with Gasteiger partial charge in [0.25, 0.3) is 0 Å². The van der Waals surface area contributed by atoms with Crippen LogP contribution in [-0.4, -0.2) is 11.7 Å². The second-order valence-corrected chi connectivity index (χ2v) is 6.81. The molecular weight excluding hydrogens is 334 g/mol. The van der Waals surface area contributed by atoms with E-state index in [4.69, 9.17) is 9.15 Å². The van der Waals surface area contributed by atoms with Gasteiger partial charge in [-0.25, -0.2) is 4.79 Å². The van der Waals surface area contributed by atoms with Crippen molar-refractivity contribution in [1.82, 2.24) is 0 Å². The van der Waals surface area contributed by atoms with Gasteiger partial charge in [0.2, 0.25) is 5.91 Å². The number of benzene rings is 1. The smallest absolute Gasteiger partial charge is 0.344 e. The summed E-state index contributed by atoms with van der Waals surface area (Å²) < 4.78 is 11.2. The molecule has 3 heterocycles. The van der Waals surface area contributed by atoms with E-state index < -0.39 is 16.9 Å². The molecular formula is C20H15NO5. The molecule has 1 aromatic carbocycles. The van der Waals surface area contributed by atoms with E-state index in [0.717, 1.165) is 0 Å². The Morgan fingerprint density at radius 3 is 2.77 bits per heavy atom. The molecule has 1 aromatic heterocycles. The summed E-state index contributed by atoms with van der Waals surface area (Å²) in [6.07, 6.45) is 1.54. The van der Waals surface area contributed by atoms with Crippen LogP contribution in [0.2, 0.25) is 0 Å². The number of amides is 1. The van der Waals surface area contributed by atoms with Crippen LogP contribution >= 0.6 is 0 Å². The maximum atomic E-state index is 13.3. The summed E-state index contributed by atoms with van der Waals surface area (Å²) >= 11 is 0. The molecule has 1 spiro atoms. The van der Waals surface area contributed by atoms with Gasteiger partial charge in [-0.2, -0.15) is 0 Å². The zero-order chi connectivity index (χ0) is 18.1. The first-order valence-electron chi connectivity index (χ1n) is 8.54. The van der Waals surface area contributed by atoms with Crippen molar-refractivity contribution in [2.24, 2.45) is 0 Å². The number of ether oxygens (including phenoxy) is 1. The number of carbonyl (C=O) groups excluding carboxylic acids is 2. The highest BCUT2D eigenvalue weighted by molar-refractivity contribution is 6.18. The molecule has 6 nitrogen and oxygen atoms in total. The highest BCUT2D eigenvalue weighted by Gasteiger charge is 2.60. The lowest BCUT2D eigenvalue weighted by molar-refractivity contribution is -0.123. The standard InChI is InChI=1S/C20H15NO5/c1-10-9-15-17(18(23)25-10)20(16-13(22)7-4-8-14(16)26-15)11-5-2-3-6-12(11)21-19(20)24/h2-3,5-6,9H,4,7-8H2,1H3,(H,21,24)/t20-/m0/s1. The molecule has 0 saturated heterocycles. The Morgan fingerprint density at radius 2 is 1.92 bits per heavy atom. The number of Topliss-reactive ketones (excluding diaryl/α,β-unsaturated/α-hetero) is 1. The molecule has 130 valence electrons. The summed E-state index contributed by atoms with van der Waals surface area (Å²) in [6, 6.07) is 8.73. The molecule has 1 atom stereocenters. The summed E-state index contributed by atoms with van der Waals surface area (Å²) in [4.78, 5) is 39.0. The molecule has 0 saturated carbocycles. The molecule has 5 rings (SSSR count). The van der Waals surface area contributed by atoms with E-state index in [9.17, 15) is 14.4 Å². The highest BCUT2D eigenvalue weighted by atomic mass is 16.5. The summed E-state index contributed by atoms with van der Waals surface area (Å²) in [5.74, 6) is 0.581. The molecule has 3 aliphatic rings. The molecule has 0 unspecified atom stereocenters. The van der Waals surface area contributed by atoms with Crippen LogP contribution in [0.1, 0.15) is 36.1 Å². The van der Waals surface area contributed by atoms with Crippen LogP contribution in [0.25, 0.3) is 0 Å². The fraction of sp³-hybridized carbons (Fsp3) is 0.250. The van der Waals surface area contributed by atoms with E-state index >= 15 is 0 Å². The summed E-state index contributed by atoms with van der Waals surface area (Å²) in [5.41, 5.74) is -0.624. The summed E-state index contributed by atoms with van der Waals surface area (Å²) in [6.45, 7) is 1.65. The van der Waals surface area contributed by atoms with Gasteiger partial charge in [0.1, 0.15) is 28.2 Å². The molecule has 0 fully saturated rings. The van der Waals surface area contributed by atoms with Gasteiger partial charge in [-0.15, -0.1) is 0 Å². The number of nitrogens with one attached hydrogen (secondary N) is 1. The van der Waals surface area contributed by atoms with Crippen LogP contribution in [0.3, 0.4) is 0 Å². The van der Waals surface area contributed by atoms with Crippen molar-refractivity contribution < 1.29 is 18.7 Å². The lowest BCUT2D eigenvalue weighted by Gasteiger charge is -2.37. The van der Waals surface area contributed by atoms with E-state index in [1.54, 1.807) is 37.3 Å². The normalized spacial score (nSPS) is 23.3. The van der Waals surface area contributed by atoms with Crippen LogP contribution < -0.4 is 15.7 Å². The first-order chi connectivity index (χ1) is 12.5. The number of aryl methyl sites for hydroxylation is 1. The highest BCUT2D eigenvalue weighted by Crippen LogP contribution is 2.54. The van der Waals surface area contributed by atoms with Gasteiger partial charge in [-0.1, -0.05) is 18.2 Å². The second-order valence-electron chi connectivity index (χ2n) is 6.81. The average Bonchev–Trinajstić information content (AvgIpc) is 2.87. The van der Waals surface area contributed by atoms with Gasteiger partial charge in [0.15, 0.2) is 5.78 Å². The number of allylic oxidation sites excluding steroid dienone is 1. The number of fused-ring (bicyclic) bond motifs is 5. The number of para-hydroxylation sites is 1. The molecule has 1 aliphatic carbocycles. The summed E-state index contributed by atoms with van der Waals surface area (Å²) in [5, 5.41) is 2.83. The molecule has 1 N–H and O–H groups in total. The molecule has 0 bridgehead atoms. The number of anilines is 1. The molecule has 2 aliphatic heterocycles. The topological polar surface area (TPSA) is 85.6 Å². The van der Waals surface area contributed by atoms with E-state index in [-0.39, 0.29) is 16.9 Å². The Bertz CT molecular complexity index is 1090. The minimum absolute atomic E-state index is 0.0829. The number of hydrogen-bond acceptors (Lipinski definition) is 5. The molecule has 0 radical (unpaired) electrons. The second kappa shape index (κ2) is 4.94. The van der Waals surface area contributed by atoms with Crippen molar-refractivity contribution in [2.75, 3.05) is 5.32 Å². The maximum Gasteiger partial charge on any atom is 0.344 e. The van der Waals surface area contributed by atoms with Gasteiger partial charge in [0, 0.05) is 30.2 Å². The number of hydrogen-bond donors (Lipinski definition) is 1. The summed E-state index contributed by atoms with van der Waals surface area (Å²) in [7, 11) is 0. The molecule has 26 heavy (non-hydrogen) atoms. The van der Waals surface area contributed by atoms with Gasteiger partial charge in [-0.05, 0) is 19.4 Å². The van der Waals surface area contributed by atoms with Crippen molar-refractivity contribution >= 4 is 17.4 Å². The fourth-order valence-electron chi connectivity index (χ4n) is 4.35. The number of carbonyl (C=O) groups is 2. The molecule has 1 amide bonds. The first kappa shape index (κ1) is 15.1. The van der Waals surface area contributed by atoms with Crippen molar-refractivity contribution in [1.29, 1.82) is 0 Å². The van der Waals surface area contributed by atoms with E-state index in [1.165, 1.54) is 0 Å². The van der Waals surface area contributed by atoms with E-state index in [2.05, 4.69) is 5.32 Å². The van der Waals surface area contributed by atoms with Gasteiger partial charge in [-0.3, -0.25) is 9.59 Å². The zero-order valence-electron chi connectivity index (χ0n) is 14.0. The molecule has 2 aromatic rings. The lowest BCUT2D eigenvalue weighted by Crippen LogP contribution is -2.48. The number of ketones is 1. The predicted molar refractivity (Wildman–Crippen MR) is 92.1 cm³/mol. The third-order valence-corrected chi connectivity index (χ3v) is 5.31. The minimum Gasteiger partial charge on any atom is -0.460 e. The Kier molecular flexibility index (Phi) is 2.88. The average molecular weight is 349 g/mol. The van der Waals surface area contributed by atoms with Crippen molar-refractivity contribution in [3.05, 3.63) is 69.0 Å². The largest absolute Gasteiger partial charge is 0.460 e. The monoisotopic (exact) mass is 349 g/mol. The Labute approximate surface area is 148 Å². The third-order valence-electron chi connectivity index (χ3n) is 5.31. The van der Waals surface area contributed by atoms with Crippen LogP contribution in [0.15, 0.2) is 50.9 Å². The van der Waals surface area contributed by atoms with Crippen LogP contribution in [0.5, 0.6) is 5.75 Å². The minimum atomic E-state index is -1.51. The van der Waals surface area contributed by atoms with Crippen LogP contribution in [-0.2, 0) is 15.0 Å². The van der Waals surface area contributed by atoms with Crippen LogP contribution in [0.4, 0.5) is 5.69 Å². The van der Waals surface area contributed by atoms with Crippen molar-refractivity contribution in [2.45, 2.75) is 31.6 Å². The van der Waals surface area contributed by atoms with E-state index in [0.29, 0.717) is 47.8 Å². The van der Waals surface area contributed by atoms with Crippen LogP contribution in [0, 0.1) is 6.92 Å². The third kappa shape index (κ3) is 1.68. The molecule has 6 heteroatoms. The first-order valence-corrected chi connectivity index (χ1v) is 8.54. The van der Waals surface area contributed by atoms with Gasteiger partial charge >= 0.3 is 5.63 Å².